The number of benzene rings is 2. The van der Waals surface area contributed by atoms with E-state index >= 15 is 0 Å². The standard InChI is InChI=1S/C15H13BrFNS/c16-12-9-10(17)5-6-14(12)18-13-7-8-19-15-4-2-1-3-11(13)15/h1-6,9,13,18H,7-8H2. The van der Waals surface area contributed by atoms with Crippen LogP contribution in [0.4, 0.5) is 10.1 Å². The third kappa shape index (κ3) is 2.79. The molecule has 2 aromatic carbocycles. The average molecular weight is 338 g/mol. The number of anilines is 1. The summed E-state index contributed by atoms with van der Waals surface area (Å²) in [6.45, 7) is 0. The van der Waals surface area contributed by atoms with Gasteiger partial charge in [0.1, 0.15) is 5.82 Å². The van der Waals surface area contributed by atoms with E-state index in [1.165, 1.54) is 22.6 Å². The number of fused-ring (bicyclic) bond motifs is 1. The topological polar surface area (TPSA) is 12.0 Å². The Hall–Kier alpha value is -1.00. The second-order valence-corrected chi connectivity index (χ2v) is 6.49. The third-order valence-electron chi connectivity index (χ3n) is 3.22. The summed E-state index contributed by atoms with van der Waals surface area (Å²) in [7, 11) is 0. The molecule has 1 heterocycles. The normalized spacial score (nSPS) is 17.9. The Bertz CT molecular complexity index is 602. The molecule has 1 nitrogen and oxygen atoms in total. The van der Waals surface area contributed by atoms with E-state index in [4.69, 9.17) is 0 Å². The summed E-state index contributed by atoms with van der Waals surface area (Å²) >= 11 is 5.30. The third-order valence-corrected chi connectivity index (χ3v) is 5.00. The minimum atomic E-state index is -0.225. The lowest BCUT2D eigenvalue weighted by molar-refractivity contribution is 0.626. The molecule has 19 heavy (non-hydrogen) atoms. The summed E-state index contributed by atoms with van der Waals surface area (Å²) in [5, 5.41) is 3.51. The van der Waals surface area contributed by atoms with Crippen LogP contribution in [0.25, 0.3) is 0 Å². The lowest BCUT2D eigenvalue weighted by Gasteiger charge is -2.27. The van der Waals surface area contributed by atoms with Crippen molar-refractivity contribution in [1.82, 2.24) is 0 Å². The highest BCUT2D eigenvalue weighted by Gasteiger charge is 2.20. The first-order valence-corrected chi connectivity index (χ1v) is 7.95. The van der Waals surface area contributed by atoms with Gasteiger partial charge >= 0.3 is 0 Å². The zero-order valence-corrected chi connectivity index (χ0v) is 12.6. The van der Waals surface area contributed by atoms with Gasteiger partial charge in [-0.3, -0.25) is 0 Å². The van der Waals surface area contributed by atoms with Crippen molar-refractivity contribution in [2.75, 3.05) is 11.1 Å². The molecule has 0 aliphatic carbocycles. The first-order chi connectivity index (χ1) is 9.24. The summed E-state index contributed by atoms with van der Waals surface area (Å²) < 4.78 is 13.9. The Balaban J connectivity index is 1.88. The van der Waals surface area contributed by atoms with Crippen molar-refractivity contribution in [3.63, 3.8) is 0 Å². The maximum absolute atomic E-state index is 13.1. The minimum Gasteiger partial charge on any atom is -0.377 e. The largest absolute Gasteiger partial charge is 0.377 e. The number of rotatable bonds is 2. The van der Waals surface area contributed by atoms with Gasteiger partial charge in [0.15, 0.2) is 0 Å². The molecular formula is C15H13BrFNS. The maximum atomic E-state index is 13.1. The van der Waals surface area contributed by atoms with E-state index in [9.17, 15) is 4.39 Å². The van der Waals surface area contributed by atoms with Crippen molar-refractivity contribution in [2.45, 2.75) is 17.4 Å². The molecular weight excluding hydrogens is 325 g/mol. The molecule has 2 aromatic rings. The highest BCUT2D eigenvalue weighted by molar-refractivity contribution is 9.10. The fourth-order valence-electron chi connectivity index (χ4n) is 2.29. The van der Waals surface area contributed by atoms with Crippen LogP contribution in [0.3, 0.4) is 0 Å². The molecule has 4 heteroatoms. The first kappa shape index (κ1) is 13.0. The lowest BCUT2D eigenvalue weighted by atomic mass is 10.0. The van der Waals surface area contributed by atoms with Crippen molar-refractivity contribution < 1.29 is 4.39 Å². The molecule has 0 bridgehead atoms. The molecule has 0 saturated carbocycles. The highest BCUT2D eigenvalue weighted by atomic mass is 79.9. The number of hydrogen-bond acceptors (Lipinski definition) is 2. The van der Waals surface area contributed by atoms with E-state index in [0.29, 0.717) is 6.04 Å². The van der Waals surface area contributed by atoms with Gasteiger partial charge in [-0.25, -0.2) is 4.39 Å². The molecule has 98 valence electrons. The SMILES string of the molecule is Fc1ccc(NC2CCSc3ccccc32)c(Br)c1. The van der Waals surface area contributed by atoms with Crippen molar-refractivity contribution in [2.24, 2.45) is 0 Å². The average Bonchev–Trinajstić information content (AvgIpc) is 2.42. The quantitative estimate of drug-likeness (QED) is 0.804. The maximum Gasteiger partial charge on any atom is 0.124 e. The van der Waals surface area contributed by atoms with Crippen molar-refractivity contribution in [1.29, 1.82) is 0 Å². The van der Waals surface area contributed by atoms with E-state index in [0.717, 1.165) is 22.3 Å². The second-order valence-electron chi connectivity index (χ2n) is 4.50. The van der Waals surface area contributed by atoms with Crippen molar-refractivity contribution in [3.05, 3.63) is 58.3 Å². The molecule has 1 unspecified atom stereocenters. The molecule has 0 aromatic heterocycles. The van der Waals surface area contributed by atoms with Crippen LogP contribution in [0, 0.1) is 5.82 Å². The van der Waals surface area contributed by atoms with Gasteiger partial charge in [-0.1, -0.05) is 18.2 Å². The first-order valence-electron chi connectivity index (χ1n) is 6.17. The van der Waals surface area contributed by atoms with Gasteiger partial charge in [-0.2, -0.15) is 0 Å². The van der Waals surface area contributed by atoms with Crippen molar-refractivity contribution in [3.8, 4) is 0 Å². The molecule has 1 atom stereocenters. The Morgan fingerprint density at radius 2 is 2.05 bits per heavy atom. The van der Waals surface area contributed by atoms with Crippen LogP contribution in [0.1, 0.15) is 18.0 Å². The lowest BCUT2D eigenvalue weighted by Crippen LogP contribution is -2.16. The molecule has 1 N–H and O–H groups in total. The Morgan fingerprint density at radius 1 is 1.21 bits per heavy atom. The summed E-state index contributed by atoms with van der Waals surface area (Å²) in [5.74, 6) is 0.880. The minimum absolute atomic E-state index is 0.225. The van der Waals surface area contributed by atoms with Gasteiger partial charge < -0.3 is 5.32 Å². The van der Waals surface area contributed by atoms with E-state index in [1.807, 2.05) is 11.8 Å². The van der Waals surface area contributed by atoms with Gasteiger partial charge in [0.2, 0.25) is 0 Å². The molecule has 0 fully saturated rings. The Kier molecular flexibility index (Phi) is 3.80. The monoisotopic (exact) mass is 337 g/mol. The van der Waals surface area contributed by atoms with Crippen LogP contribution in [0.5, 0.6) is 0 Å². The van der Waals surface area contributed by atoms with Gasteiger partial charge in [0.25, 0.3) is 0 Å². The molecule has 0 amide bonds. The van der Waals surface area contributed by atoms with Gasteiger partial charge in [-0.15, -0.1) is 11.8 Å². The number of nitrogens with one attached hydrogen (secondary N) is 1. The summed E-state index contributed by atoms with van der Waals surface area (Å²) in [6, 6.07) is 13.5. The number of halogens is 2. The van der Waals surface area contributed by atoms with Crippen LogP contribution in [0.2, 0.25) is 0 Å². The Morgan fingerprint density at radius 3 is 2.89 bits per heavy atom. The fourth-order valence-corrected chi connectivity index (χ4v) is 3.88. The van der Waals surface area contributed by atoms with Crippen LogP contribution < -0.4 is 5.32 Å². The van der Waals surface area contributed by atoms with Crippen LogP contribution in [0.15, 0.2) is 51.8 Å². The van der Waals surface area contributed by atoms with E-state index < -0.39 is 0 Å². The van der Waals surface area contributed by atoms with E-state index in [1.54, 1.807) is 6.07 Å². The zero-order valence-electron chi connectivity index (χ0n) is 10.2. The summed E-state index contributed by atoms with van der Waals surface area (Å²) in [4.78, 5) is 1.34. The van der Waals surface area contributed by atoms with Crippen molar-refractivity contribution >= 4 is 33.4 Å². The second kappa shape index (κ2) is 5.55. The van der Waals surface area contributed by atoms with Gasteiger partial charge in [-0.05, 0) is 52.2 Å². The van der Waals surface area contributed by atoms with Gasteiger partial charge in [0, 0.05) is 20.8 Å². The van der Waals surface area contributed by atoms with E-state index in [-0.39, 0.29) is 5.82 Å². The van der Waals surface area contributed by atoms with E-state index in [2.05, 4.69) is 45.5 Å². The number of thioether (sulfide) groups is 1. The Labute approximate surface area is 124 Å². The van der Waals surface area contributed by atoms with Crippen LogP contribution in [-0.2, 0) is 0 Å². The molecule has 0 radical (unpaired) electrons. The molecule has 3 rings (SSSR count). The molecule has 1 aliphatic rings. The zero-order chi connectivity index (χ0) is 13.2. The smallest absolute Gasteiger partial charge is 0.124 e. The van der Waals surface area contributed by atoms with Crippen LogP contribution in [-0.4, -0.2) is 5.75 Å². The molecule has 1 aliphatic heterocycles. The fraction of sp³-hybridized carbons (Fsp3) is 0.200. The summed E-state index contributed by atoms with van der Waals surface area (Å²) in [5.41, 5.74) is 2.27. The molecule has 0 saturated heterocycles. The highest BCUT2D eigenvalue weighted by Crippen LogP contribution is 2.38. The number of hydrogen-bond donors (Lipinski definition) is 1. The molecule has 0 spiro atoms. The van der Waals surface area contributed by atoms with Crippen LogP contribution >= 0.6 is 27.7 Å². The van der Waals surface area contributed by atoms with Gasteiger partial charge in [0.05, 0.1) is 6.04 Å². The predicted molar refractivity (Wildman–Crippen MR) is 82.2 cm³/mol. The summed E-state index contributed by atoms with van der Waals surface area (Å²) in [6.07, 6.45) is 1.07. The predicted octanol–water partition coefficient (Wildman–Crippen LogP) is 5.24.